The van der Waals surface area contributed by atoms with Gasteiger partial charge in [-0.05, 0) is 50.2 Å². The third-order valence-corrected chi connectivity index (χ3v) is 4.63. The van der Waals surface area contributed by atoms with Crippen LogP contribution in [0, 0.1) is 0 Å². The van der Waals surface area contributed by atoms with Gasteiger partial charge in [-0.2, -0.15) is 0 Å². The summed E-state index contributed by atoms with van der Waals surface area (Å²) in [6, 6.07) is 13.9. The molecule has 0 aromatic heterocycles. The number of nitrogens with zero attached hydrogens (tertiary/aromatic N) is 1. The summed E-state index contributed by atoms with van der Waals surface area (Å²) in [5, 5.41) is 2.83. The van der Waals surface area contributed by atoms with Crippen molar-refractivity contribution in [3.63, 3.8) is 0 Å². The Balaban J connectivity index is 1.72. The predicted octanol–water partition coefficient (Wildman–Crippen LogP) is 3.20. The number of amides is 2. The monoisotopic (exact) mass is 368 g/mol. The third-order valence-electron chi connectivity index (χ3n) is 4.63. The van der Waals surface area contributed by atoms with Crippen LogP contribution in [0.2, 0.25) is 0 Å². The number of carbonyl (C=O) groups excluding carboxylic acids is 2. The molecule has 0 spiro atoms. The molecule has 142 valence electrons. The minimum atomic E-state index is -0.341. The van der Waals surface area contributed by atoms with Gasteiger partial charge in [0.2, 0.25) is 0 Å². The molecule has 6 heteroatoms. The lowest BCUT2D eigenvalue weighted by Gasteiger charge is -2.42. The van der Waals surface area contributed by atoms with Gasteiger partial charge in [-0.3, -0.25) is 9.59 Å². The van der Waals surface area contributed by atoms with Gasteiger partial charge in [0.05, 0.1) is 31.4 Å². The lowest BCUT2D eigenvalue weighted by molar-refractivity contribution is -0.0370. The molecule has 6 nitrogen and oxygen atoms in total. The first kappa shape index (κ1) is 18.9. The number of morpholine rings is 1. The summed E-state index contributed by atoms with van der Waals surface area (Å²) in [7, 11) is 1.53. The fourth-order valence-electron chi connectivity index (χ4n) is 3.12. The van der Waals surface area contributed by atoms with Gasteiger partial charge in [0.1, 0.15) is 5.75 Å². The minimum Gasteiger partial charge on any atom is -0.496 e. The van der Waals surface area contributed by atoms with Crippen molar-refractivity contribution < 1.29 is 19.1 Å². The average molecular weight is 368 g/mol. The van der Waals surface area contributed by atoms with Crippen LogP contribution >= 0.6 is 0 Å². The van der Waals surface area contributed by atoms with Crippen molar-refractivity contribution in [3.8, 4) is 5.75 Å². The van der Waals surface area contributed by atoms with Crippen LogP contribution in [0.25, 0.3) is 0 Å². The zero-order chi connectivity index (χ0) is 19.4. The smallest absolute Gasteiger partial charge is 0.259 e. The van der Waals surface area contributed by atoms with E-state index in [9.17, 15) is 9.59 Å². The summed E-state index contributed by atoms with van der Waals surface area (Å²) < 4.78 is 10.7. The van der Waals surface area contributed by atoms with E-state index >= 15 is 0 Å². The molecule has 1 heterocycles. The summed E-state index contributed by atoms with van der Waals surface area (Å²) in [5.74, 6) is 0.211. The van der Waals surface area contributed by atoms with Crippen molar-refractivity contribution in [3.05, 3.63) is 59.7 Å². The van der Waals surface area contributed by atoms with Crippen LogP contribution in [0.1, 0.15) is 34.6 Å². The highest BCUT2D eigenvalue weighted by molar-refractivity contribution is 6.06. The van der Waals surface area contributed by atoms with Gasteiger partial charge in [0, 0.05) is 17.8 Å². The predicted molar refractivity (Wildman–Crippen MR) is 103 cm³/mol. The number of nitrogens with one attached hydrogen (secondary N) is 1. The molecule has 0 saturated carbocycles. The number of benzene rings is 2. The van der Waals surface area contributed by atoms with Gasteiger partial charge < -0.3 is 19.7 Å². The van der Waals surface area contributed by atoms with E-state index in [1.165, 1.54) is 7.11 Å². The summed E-state index contributed by atoms with van der Waals surface area (Å²) in [6.07, 6.45) is 0. The normalized spacial score (nSPS) is 15.9. The highest BCUT2D eigenvalue weighted by Gasteiger charge is 2.34. The standard InChI is InChI=1S/C21H24N2O4/c1-21(2)14-27-13-12-23(21)20(25)15-8-10-16(11-9-15)22-19(24)17-6-4-5-7-18(17)26-3/h4-11H,12-14H2,1-3H3,(H,22,24). The topological polar surface area (TPSA) is 67.9 Å². The second kappa shape index (κ2) is 7.80. The zero-order valence-electron chi connectivity index (χ0n) is 15.8. The van der Waals surface area contributed by atoms with E-state index in [1.54, 1.807) is 42.5 Å². The van der Waals surface area contributed by atoms with Crippen LogP contribution in [0.3, 0.4) is 0 Å². The molecule has 1 aliphatic rings. The number of anilines is 1. The molecule has 0 aliphatic carbocycles. The Hall–Kier alpha value is -2.86. The van der Waals surface area contributed by atoms with E-state index in [0.717, 1.165) is 0 Å². The Bertz CT molecular complexity index is 830. The van der Waals surface area contributed by atoms with Gasteiger partial charge in [0.15, 0.2) is 0 Å². The first-order valence-corrected chi connectivity index (χ1v) is 8.86. The maximum atomic E-state index is 12.8. The van der Waals surface area contributed by atoms with E-state index in [4.69, 9.17) is 9.47 Å². The van der Waals surface area contributed by atoms with Crippen molar-refractivity contribution in [1.82, 2.24) is 4.90 Å². The lowest BCUT2D eigenvalue weighted by atomic mass is 10.0. The first-order chi connectivity index (χ1) is 12.9. The lowest BCUT2D eigenvalue weighted by Crippen LogP contribution is -2.55. The minimum absolute atomic E-state index is 0.0362. The second-order valence-corrected chi connectivity index (χ2v) is 7.05. The van der Waals surface area contributed by atoms with Crippen molar-refractivity contribution in [1.29, 1.82) is 0 Å². The molecular formula is C21H24N2O4. The maximum absolute atomic E-state index is 12.8. The second-order valence-electron chi connectivity index (χ2n) is 7.05. The highest BCUT2D eigenvalue weighted by atomic mass is 16.5. The fraction of sp³-hybridized carbons (Fsp3) is 0.333. The molecule has 1 N–H and O–H groups in total. The van der Waals surface area contributed by atoms with Gasteiger partial charge in [-0.1, -0.05) is 12.1 Å². The molecule has 1 fully saturated rings. The zero-order valence-corrected chi connectivity index (χ0v) is 15.8. The molecule has 0 atom stereocenters. The highest BCUT2D eigenvalue weighted by Crippen LogP contribution is 2.23. The van der Waals surface area contributed by atoms with E-state index in [2.05, 4.69) is 5.32 Å². The maximum Gasteiger partial charge on any atom is 0.259 e. The van der Waals surface area contributed by atoms with E-state index < -0.39 is 0 Å². The SMILES string of the molecule is COc1ccccc1C(=O)Nc1ccc(C(=O)N2CCOCC2(C)C)cc1. The van der Waals surface area contributed by atoms with E-state index in [0.29, 0.717) is 42.3 Å². The first-order valence-electron chi connectivity index (χ1n) is 8.86. The molecule has 1 saturated heterocycles. The number of methoxy groups -OCH3 is 1. The Kier molecular flexibility index (Phi) is 5.46. The molecule has 1 aliphatic heterocycles. The molecule has 0 radical (unpaired) electrons. The molecule has 2 aromatic carbocycles. The van der Waals surface area contributed by atoms with Crippen molar-refractivity contribution in [2.45, 2.75) is 19.4 Å². The van der Waals surface area contributed by atoms with Crippen LogP contribution in [0.4, 0.5) is 5.69 Å². The number of hydrogen-bond acceptors (Lipinski definition) is 4. The molecular weight excluding hydrogens is 344 g/mol. The largest absolute Gasteiger partial charge is 0.496 e. The van der Waals surface area contributed by atoms with Crippen LogP contribution in [0.5, 0.6) is 5.75 Å². The molecule has 2 aromatic rings. The van der Waals surface area contributed by atoms with Gasteiger partial charge in [-0.25, -0.2) is 0 Å². The number of carbonyl (C=O) groups is 2. The van der Waals surface area contributed by atoms with Crippen LogP contribution in [-0.4, -0.2) is 49.1 Å². The quantitative estimate of drug-likeness (QED) is 0.900. The van der Waals surface area contributed by atoms with Crippen molar-refractivity contribution >= 4 is 17.5 Å². The van der Waals surface area contributed by atoms with Gasteiger partial charge in [-0.15, -0.1) is 0 Å². The Labute approximate surface area is 159 Å². The van der Waals surface area contributed by atoms with Crippen LogP contribution in [-0.2, 0) is 4.74 Å². The Morgan fingerprint density at radius 1 is 1.11 bits per heavy atom. The summed E-state index contributed by atoms with van der Waals surface area (Å²) >= 11 is 0. The molecule has 27 heavy (non-hydrogen) atoms. The molecule has 0 unspecified atom stereocenters. The van der Waals surface area contributed by atoms with Crippen molar-refractivity contribution in [2.24, 2.45) is 0 Å². The van der Waals surface area contributed by atoms with E-state index in [-0.39, 0.29) is 17.4 Å². The average Bonchev–Trinajstić information content (AvgIpc) is 2.67. The molecule has 3 rings (SSSR count). The number of rotatable bonds is 4. The summed E-state index contributed by atoms with van der Waals surface area (Å²) in [6.45, 7) is 5.62. The number of hydrogen-bond donors (Lipinski definition) is 1. The number of ether oxygens (including phenoxy) is 2. The van der Waals surface area contributed by atoms with Gasteiger partial charge in [0.25, 0.3) is 11.8 Å². The van der Waals surface area contributed by atoms with Crippen LogP contribution < -0.4 is 10.1 Å². The Morgan fingerprint density at radius 3 is 2.48 bits per heavy atom. The summed E-state index contributed by atoms with van der Waals surface area (Å²) in [5.41, 5.74) is 1.31. The van der Waals surface area contributed by atoms with Crippen LogP contribution in [0.15, 0.2) is 48.5 Å². The van der Waals surface area contributed by atoms with E-state index in [1.807, 2.05) is 24.8 Å². The molecule has 0 bridgehead atoms. The Morgan fingerprint density at radius 2 is 1.81 bits per heavy atom. The number of para-hydroxylation sites is 1. The van der Waals surface area contributed by atoms with Crippen molar-refractivity contribution in [2.75, 3.05) is 32.2 Å². The van der Waals surface area contributed by atoms with Gasteiger partial charge >= 0.3 is 0 Å². The fourth-order valence-corrected chi connectivity index (χ4v) is 3.12. The third kappa shape index (κ3) is 4.11. The molecule has 2 amide bonds. The summed E-state index contributed by atoms with van der Waals surface area (Å²) in [4.78, 5) is 27.1.